The summed E-state index contributed by atoms with van der Waals surface area (Å²) >= 11 is 0. The lowest BCUT2D eigenvalue weighted by Crippen LogP contribution is -2.50. The first kappa shape index (κ1) is 14.0. The number of ether oxygens (including phenoxy) is 2. The van der Waals surface area contributed by atoms with E-state index in [4.69, 9.17) is 9.47 Å². The molecule has 20 heavy (non-hydrogen) atoms. The van der Waals surface area contributed by atoms with Crippen molar-refractivity contribution in [1.82, 2.24) is 15.2 Å². The lowest BCUT2D eigenvalue weighted by Gasteiger charge is -2.34. The van der Waals surface area contributed by atoms with E-state index < -0.39 is 23.4 Å². The highest BCUT2D eigenvalue weighted by molar-refractivity contribution is 6.63. The van der Waals surface area contributed by atoms with Crippen LogP contribution in [0.5, 0.6) is 0 Å². The van der Waals surface area contributed by atoms with Crippen molar-refractivity contribution in [2.45, 2.75) is 39.4 Å². The Hall–Kier alpha value is -2.45. The number of H-pyrrole nitrogens is 1. The van der Waals surface area contributed by atoms with E-state index in [0.717, 1.165) is 0 Å². The summed E-state index contributed by atoms with van der Waals surface area (Å²) in [6, 6.07) is 0. The lowest BCUT2D eigenvalue weighted by atomic mass is 10.1. The van der Waals surface area contributed by atoms with Gasteiger partial charge in [0.1, 0.15) is 5.82 Å². The van der Waals surface area contributed by atoms with E-state index >= 15 is 0 Å². The fraction of sp³-hybridized carbons (Fsp3) is 0.545. The van der Waals surface area contributed by atoms with Crippen molar-refractivity contribution in [2.24, 2.45) is 5.10 Å². The number of rotatable bonds is 4. The number of carbonyl (C=O) groups excluding carboxylic acids is 2. The molecule has 1 aromatic heterocycles. The second-order valence-corrected chi connectivity index (χ2v) is 4.21. The molecule has 9 heteroatoms. The third kappa shape index (κ3) is 2.60. The number of nitrogens with one attached hydrogen (secondary N) is 2. The average Bonchev–Trinajstić information content (AvgIpc) is 2.83. The summed E-state index contributed by atoms with van der Waals surface area (Å²) in [5, 5.41) is 9.97. The van der Waals surface area contributed by atoms with Gasteiger partial charge in [-0.25, -0.2) is 15.0 Å². The Morgan fingerprint density at radius 2 is 1.85 bits per heavy atom. The highest BCUT2D eigenvalue weighted by Crippen LogP contribution is 2.26. The Bertz CT molecular complexity index is 539. The minimum atomic E-state index is -1.20. The number of hydrogen-bond donors (Lipinski definition) is 2. The predicted molar refractivity (Wildman–Crippen MR) is 67.7 cm³/mol. The van der Waals surface area contributed by atoms with E-state index in [-0.39, 0.29) is 5.95 Å². The third-order valence-corrected chi connectivity index (χ3v) is 2.89. The van der Waals surface area contributed by atoms with Gasteiger partial charge in [-0.2, -0.15) is 10.1 Å². The van der Waals surface area contributed by atoms with E-state index in [1.807, 2.05) is 0 Å². The van der Waals surface area contributed by atoms with Crippen LogP contribution in [0.4, 0.5) is 5.95 Å². The molecule has 2 rings (SSSR count). The number of cyclic esters (lactones) is 2. The average molecular weight is 281 g/mol. The topological polar surface area (TPSA) is 119 Å². The highest BCUT2D eigenvalue weighted by atomic mass is 16.7. The summed E-state index contributed by atoms with van der Waals surface area (Å²) in [6.45, 7) is 5.23. The van der Waals surface area contributed by atoms with Gasteiger partial charge in [0.05, 0.1) is 0 Å². The summed E-state index contributed by atoms with van der Waals surface area (Å²) in [7, 11) is 0. The number of esters is 2. The molecule has 0 spiro atoms. The van der Waals surface area contributed by atoms with Gasteiger partial charge < -0.3 is 9.47 Å². The van der Waals surface area contributed by atoms with E-state index in [1.165, 1.54) is 0 Å². The molecule has 0 bridgehead atoms. The molecule has 0 saturated carbocycles. The lowest BCUT2D eigenvalue weighted by molar-refractivity contribution is -0.230. The van der Waals surface area contributed by atoms with E-state index in [2.05, 4.69) is 25.7 Å². The largest absolute Gasteiger partial charge is 0.418 e. The number of aryl methyl sites for hydroxylation is 1. The number of carbonyl (C=O) groups is 2. The molecule has 2 N–H and O–H groups in total. The highest BCUT2D eigenvalue weighted by Gasteiger charge is 2.45. The molecule has 1 fully saturated rings. The minimum absolute atomic E-state index is 0.137. The Kier molecular flexibility index (Phi) is 3.68. The maximum Gasteiger partial charge on any atom is 0.369 e. The van der Waals surface area contributed by atoms with Crippen molar-refractivity contribution in [3.05, 3.63) is 5.82 Å². The van der Waals surface area contributed by atoms with Crippen LogP contribution in [0.1, 0.15) is 32.5 Å². The van der Waals surface area contributed by atoms with Crippen LogP contribution in [0.25, 0.3) is 0 Å². The first-order valence-electron chi connectivity index (χ1n) is 6.19. The second kappa shape index (κ2) is 5.27. The molecule has 108 valence electrons. The maximum absolute atomic E-state index is 11.8. The molecule has 2 heterocycles. The van der Waals surface area contributed by atoms with Gasteiger partial charge in [-0.3, -0.25) is 5.10 Å². The number of aromatic nitrogens is 3. The van der Waals surface area contributed by atoms with Crippen molar-refractivity contribution in [3.8, 4) is 0 Å². The molecule has 9 nitrogen and oxygen atoms in total. The quantitative estimate of drug-likeness (QED) is 0.609. The first-order valence-corrected chi connectivity index (χ1v) is 6.19. The van der Waals surface area contributed by atoms with Gasteiger partial charge in [0.15, 0.2) is 0 Å². The predicted octanol–water partition coefficient (Wildman–Crippen LogP) is 0.497. The van der Waals surface area contributed by atoms with Gasteiger partial charge in [-0.1, -0.05) is 13.8 Å². The van der Waals surface area contributed by atoms with Crippen LogP contribution in [-0.4, -0.2) is 38.6 Å². The molecule has 0 aromatic carbocycles. The molecule has 0 aliphatic carbocycles. The van der Waals surface area contributed by atoms with Crippen LogP contribution in [0.15, 0.2) is 5.10 Å². The third-order valence-electron chi connectivity index (χ3n) is 2.89. The van der Waals surface area contributed by atoms with Crippen molar-refractivity contribution in [3.63, 3.8) is 0 Å². The number of hydrogen-bond acceptors (Lipinski definition) is 8. The molecule has 0 atom stereocenters. The molecular formula is C11H15N5O4. The Morgan fingerprint density at radius 3 is 2.30 bits per heavy atom. The van der Waals surface area contributed by atoms with Gasteiger partial charge >= 0.3 is 11.9 Å². The van der Waals surface area contributed by atoms with Crippen molar-refractivity contribution in [1.29, 1.82) is 0 Å². The van der Waals surface area contributed by atoms with Crippen molar-refractivity contribution < 1.29 is 19.1 Å². The summed E-state index contributed by atoms with van der Waals surface area (Å²) in [4.78, 5) is 27.6. The van der Waals surface area contributed by atoms with Crippen LogP contribution in [0.3, 0.4) is 0 Å². The zero-order valence-corrected chi connectivity index (χ0v) is 11.4. The smallest absolute Gasteiger partial charge is 0.369 e. The number of nitrogens with zero attached hydrogens (tertiary/aromatic N) is 3. The first-order chi connectivity index (χ1) is 9.49. The van der Waals surface area contributed by atoms with E-state index in [0.29, 0.717) is 18.7 Å². The Labute approximate surface area is 114 Å². The molecule has 1 aliphatic heterocycles. The zero-order chi connectivity index (χ0) is 14.8. The summed E-state index contributed by atoms with van der Waals surface area (Å²) in [5.41, 5.74) is 1.92. The summed E-state index contributed by atoms with van der Waals surface area (Å²) in [6.07, 6.45) is 0.754. The summed E-state index contributed by atoms with van der Waals surface area (Å²) in [5.74, 6) is -2.15. The van der Waals surface area contributed by atoms with Gasteiger partial charge in [0, 0.05) is 12.8 Å². The SMILES string of the molecule is CCC1(CC)OC(=O)C(=NNc2n[nH]c(C)n2)C(=O)O1. The Morgan fingerprint density at radius 1 is 1.25 bits per heavy atom. The second-order valence-electron chi connectivity index (χ2n) is 4.21. The standard InChI is InChI=1S/C11H15N5O4/c1-4-11(5-2)19-8(17)7(9(18)20-11)14-16-10-12-6(3)13-15-10/h4-5H2,1-3H3,(H2,12,13,15,16). The van der Waals surface area contributed by atoms with Gasteiger partial charge in [0.2, 0.25) is 0 Å². The number of anilines is 1. The number of aromatic amines is 1. The van der Waals surface area contributed by atoms with Crippen molar-refractivity contribution in [2.75, 3.05) is 5.43 Å². The summed E-state index contributed by atoms with van der Waals surface area (Å²) < 4.78 is 10.3. The Balaban J connectivity index is 2.14. The van der Waals surface area contributed by atoms with E-state index in [1.54, 1.807) is 20.8 Å². The van der Waals surface area contributed by atoms with Gasteiger partial charge in [0.25, 0.3) is 17.4 Å². The number of hydrazone groups is 1. The van der Waals surface area contributed by atoms with Gasteiger partial charge in [-0.15, -0.1) is 5.10 Å². The maximum atomic E-state index is 11.8. The zero-order valence-electron chi connectivity index (χ0n) is 11.4. The normalized spacial score (nSPS) is 17.4. The van der Waals surface area contributed by atoms with Gasteiger partial charge in [-0.05, 0) is 6.92 Å². The fourth-order valence-corrected chi connectivity index (χ4v) is 1.67. The molecule has 0 radical (unpaired) electrons. The van der Waals surface area contributed by atoms with E-state index in [9.17, 15) is 9.59 Å². The molecule has 1 saturated heterocycles. The van der Waals surface area contributed by atoms with Crippen LogP contribution >= 0.6 is 0 Å². The molecular weight excluding hydrogens is 266 g/mol. The molecule has 1 aliphatic rings. The molecule has 1 aromatic rings. The van der Waals surface area contributed by atoms with Crippen LogP contribution in [-0.2, 0) is 19.1 Å². The fourth-order valence-electron chi connectivity index (χ4n) is 1.67. The van der Waals surface area contributed by atoms with Crippen LogP contribution in [0, 0.1) is 6.92 Å². The van der Waals surface area contributed by atoms with Crippen molar-refractivity contribution >= 4 is 23.6 Å². The molecule has 0 amide bonds. The molecule has 0 unspecified atom stereocenters. The van der Waals surface area contributed by atoms with Crippen LogP contribution in [0.2, 0.25) is 0 Å². The minimum Gasteiger partial charge on any atom is -0.418 e. The van der Waals surface area contributed by atoms with Crippen LogP contribution < -0.4 is 5.43 Å². The monoisotopic (exact) mass is 281 g/mol.